The molecular weight excluding hydrogens is 357 g/mol. The predicted molar refractivity (Wildman–Crippen MR) is 109 cm³/mol. The van der Waals surface area contributed by atoms with Crippen molar-refractivity contribution in [3.8, 4) is 0 Å². The molecule has 0 spiro atoms. The highest BCUT2D eigenvalue weighted by Crippen LogP contribution is 2.51. The number of esters is 1. The predicted octanol–water partition coefficient (Wildman–Crippen LogP) is 3.79. The summed E-state index contributed by atoms with van der Waals surface area (Å²) in [6.07, 6.45) is 8.76. The minimum atomic E-state index is -2.91. The SMILES string of the molecule is COC(=O)/C=C/N1C=CC(P(=O)(c2ccccc2)c2ccccc2)C=C1C. The maximum Gasteiger partial charge on any atom is 0.331 e. The van der Waals surface area contributed by atoms with Gasteiger partial charge in [-0.1, -0.05) is 66.7 Å². The average Bonchev–Trinajstić information content (AvgIpc) is 2.73. The summed E-state index contributed by atoms with van der Waals surface area (Å²) in [4.78, 5) is 13.1. The standard InChI is InChI=1S/C22H22NO3P/c1-18-17-21(13-15-23(18)16-14-22(24)26-2)27(25,19-9-5-3-6-10-19)20-11-7-4-8-12-20/h3-17,21H,1-2H3/b16-14+. The van der Waals surface area contributed by atoms with Gasteiger partial charge in [0.1, 0.15) is 0 Å². The van der Waals surface area contributed by atoms with Crippen LogP contribution in [0.3, 0.4) is 0 Å². The van der Waals surface area contributed by atoms with Crippen LogP contribution in [0.2, 0.25) is 0 Å². The van der Waals surface area contributed by atoms with Gasteiger partial charge >= 0.3 is 5.97 Å². The molecule has 1 unspecified atom stereocenters. The van der Waals surface area contributed by atoms with Crippen molar-refractivity contribution >= 4 is 23.7 Å². The van der Waals surface area contributed by atoms with Crippen LogP contribution in [-0.2, 0) is 14.1 Å². The zero-order valence-corrected chi connectivity index (χ0v) is 16.3. The molecule has 0 bridgehead atoms. The third-order valence-electron chi connectivity index (χ3n) is 4.53. The number of benzene rings is 2. The van der Waals surface area contributed by atoms with E-state index in [4.69, 9.17) is 0 Å². The summed E-state index contributed by atoms with van der Waals surface area (Å²) in [5.41, 5.74) is 0.639. The van der Waals surface area contributed by atoms with Crippen molar-refractivity contribution in [2.45, 2.75) is 12.6 Å². The lowest BCUT2D eigenvalue weighted by Gasteiger charge is -2.30. The first kappa shape index (κ1) is 18.9. The van der Waals surface area contributed by atoms with Crippen molar-refractivity contribution in [2.24, 2.45) is 0 Å². The van der Waals surface area contributed by atoms with Crippen LogP contribution in [0.15, 0.2) is 97.0 Å². The Bertz CT molecular complexity index is 889. The van der Waals surface area contributed by atoms with Gasteiger partial charge in [-0.3, -0.25) is 0 Å². The van der Waals surface area contributed by atoms with Gasteiger partial charge in [0.15, 0.2) is 7.14 Å². The van der Waals surface area contributed by atoms with E-state index in [0.717, 1.165) is 16.3 Å². The lowest BCUT2D eigenvalue weighted by Crippen LogP contribution is -2.26. The molecule has 27 heavy (non-hydrogen) atoms. The smallest absolute Gasteiger partial charge is 0.331 e. The molecule has 0 N–H and O–H groups in total. The molecule has 4 nitrogen and oxygen atoms in total. The number of hydrogen-bond donors (Lipinski definition) is 0. The minimum Gasteiger partial charge on any atom is -0.466 e. The normalized spacial score (nSPS) is 17.0. The van der Waals surface area contributed by atoms with Crippen molar-refractivity contribution in [1.29, 1.82) is 0 Å². The highest BCUT2D eigenvalue weighted by molar-refractivity contribution is 7.79. The van der Waals surface area contributed by atoms with Crippen molar-refractivity contribution in [2.75, 3.05) is 7.11 Å². The topological polar surface area (TPSA) is 46.6 Å². The van der Waals surface area contributed by atoms with Crippen LogP contribution in [-0.4, -0.2) is 23.6 Å². The van der Waals surface area contributed by atoms with Crippen LogP contribution >= 0.6 is 7.14 Å². The largest absolute Gasteiger partial charge is 0.466 e. The first-order valence-corrected chi connectivity index (χ1v) is 10.5. The van der Waals surface area contributed by atoms with E-state index in [1.807, 2.05) is 90.8 Å². The summed E-state index contributed by atoms with van der Waals surface area (Å²) < 4.78 is 19.0. The molecule has 0 aromatic heterocycles. The number of ether oxygens (including phenoxy) is 1. The lowest BCUT2D eigenvalue weighted by molar-refractivity contribution is -0.134. The Labute approximate surface area is 159 Å². The second-order valence-corrected chi connectivity index (χ2v) is 9.16. The molecule has 2 aromatic carbocycles. The number of carbonyl (C=O) groups excluding carboxylic acids is 1. The van der Waals surface area contributed by atoms with Gasteiger partial charge in [0.25, 0.3) is 0 Å². The van der Waals surface area contributed by atoms with Gasteiger partial charge in [-0.2, -0.15) is 0 Å². The number of methoxy groups -OCH3 is 1. The lowest BCUT2D eigenvalue weighted by atomic mass is 10.2. The molecule has 5 heteroatoms. The molecule has 1 aliphatic heterocycles. The molecule has 0 fully saturated rings. The fourth-order valence-corrected chi connectivity index (χ4v) is 6.04. The molecule has 0 aliphatic carbocycles. The Balaban J connectivity index is 2.00. The average molecular weight is 379 g/mol. The Morgan fingerprint density at radius 2 is 1.59 bits per heavy atom. The summed E-state index contributed by atoms with van der Waals surface area (Å²) in [5, 5.41) is 1.65. The number of nitrogens with zero attached hydrogens (tertiary/aromatic N) is 1. The van der Waals surface area contributed by atoms with Crippen LogP contribution in [0.5, 0.6) is 0 Å². The van der Waals surface area contributed by atoms with E-state index >= 15 is 0 Å². The molecule has 0 saturated heterocycles. The van der Waals surface area contributed by atoms with Gasteiger partial charge in [0.2, 0.25) is 0 Å². The Hall–Kier alpha value is -2.84. The zero-order chi connectivity index (χ0) is 19.3. The maximum atomic E-state index is 14.3. The number of hydrogen-bond acceptors (Lipinski definition) is 4. The summed E-state index contributed by atoms with van der Waals surface area (Å²) in [5.74, 6) is -0.419. The van der Waals surface area contributed by atoms with Crippen LogP contribution in [0.25, 0.3) is 0 Å². The molecule has 1 heterocycles. The number of allylic oxidation sites excluding steroid dienone is 3. The highest BCUT2D eigenvalue weighted by Gasteiger charge is 2.35. The fourth-order valence-electron chi connectivity index (χ4n) is 3.08. The van der Waals surface area contributed by atoms with E-state index in [1.54, 1.807) is 6.20 Å². The van der Waals surface area contributed by atoms with Gasteiger partial charge in [-0.25, -0.2) is 4.79 Å². The van der Waals surface area contributed by atoms with Gasteiger partial charge < -0.3 is 14.2 Å². The summed E-state index contributed by atoms with van der Waals surface area (Å²) in [6, 6.07) is 19.2. The highest BCUT2D eigenvalue weighted by atomic mass is 31.2. The van der Waals surface area contributed by atoms with Crippen molar-refractivity contribution in [3.05, 3.63) is 97.0 Å². The third kappa shape index (κ3) is 3.96. The number of carbonyl (C=O) groups is 1. The molecule has 1 aliphatic rings. The van der Waals surface area contributed by atoms with Gasteiger partial charge in [0.05, 0.1) is 12.8 Å². The van der Waals surface area contributed by atoms with Gasteiger partial charge in [-0.15, -0.1) is 0 Å². The van der Waals surface area contributed by atoms with Crippen LogP contribution in [0, 0.1) is 0 Å². The fraction of sp³-hybridized carbons (Fsp3) is 0.136. The summed E-state index contributed by atoms with van der Waals surface area (Å²) in [7, 11) is -1.57. The van der Waals surface area contributed by atoms with Gasteiger partial charge in [-0.05, 0) is 13.0 Å². The van der Waals surface area contributed by atoms with Crippen LogP contribution in [0.4, 0.5) is 0 Å². The summed E-state index contributed by atoms with van der Waals surface area (Å²) in [6.45, 7) is 1.93. The second kappa shape index (κ2) is 8.24. The van der Waals surface area contributed by atoms with E-state index in [1.165, 1.54) is 13.2 Å². The Morgan fingerprint density at radius 3 is 2.07 bits per heavy atom. The first-order valence-electron chi connectivity index (χ1n) is 8.68. The Kier molecular flexibility index (Phi) is 5.78. The maximum absolute atomic E-state index is 14.3. The van der Waals surface area contributed by atoms with Crippen molar-refractivity contribution in [3.63, 3.8) is 0 Å². The van der Waals surface area contributed by atoms with Crippen LogP contribution < -0.4 is 10.6 Å². The molecule has 138 valence electrons. The molecule has 0 amide bonds. The third-order valence-corrected chi connectivity index (χ3v) is 7.83. The molecule has 0 radical (unpaired) electrons. The van der Waals surface area contributed by atoms with Crippen molar-refractivity contribution < 1.29 is 14.1 Å². The van der Waals surface area contributed by atoms with Crippen LogP contribution in [0.1, 0.15) is 6.92 Å². The zero-order valence-electron chi connectivity index (χ0n) is 15.4. The second-order valence-electron chi connectivity index (χ2n) is 6.22. The number of rotatable bonds is 5. The molecule has 0 saturated carbocycles. The summed E-state index contributed by atoms with van der Waals surface area (Å²) >= 11 is 0. The molecular formula is C22H22NO3P. The van der Waals surface area contributed by atoms with E-state index < -0.39 is 13.1 Å². The molecule has 2 aromatic rings. The van der Waals surface area contributed by atoms with Gasteiger partial charge in [0, 0.05) is 34.8 Å². The van der Waals surface area contributed by atoms with Crippen molar-refractivity contribution in [1.82, 2.24) is 4.90 Å². The first-order chi connectivity index (χ1) is 13.1. The van der Waals surface area contributed by atoms with E-state index in [0.29, 0.717) is 0 Å². The Morgan fingerprint density at radius 1 is 1.04 bits per heavy atom. The van der Waals surface area contributed by atoms with E-state index in [-0.39, 0.29) is 5.66 Å². The quantitative estimate of drug-likeness (QED) is 0.451. The molecule has 3 rings (SSSR count). The van der Waals surface area contributed by atoms with E-state index in [9.17, 15) is 9.36 Å². The molecule has 1 atom stereocenters. The monoisotopic (exact) mass is 379 g/mol. The van der Waals surface area contributed by atoms with E-state index in [2.05, 4.69) is 4.74 Å². The minimum absolute atomic E-state index is 0.259.